The van der Waals surface area contributed by atoms with Gasteiger partial charge in [-0.05, 0) is 31.2 Å². The zero-order valence-electron chi connectivity index (χ0n) is 12.2. The predicted molar refractivity (Wildman–Crippen MR) is 82.6 cm³/mol. The molecule has 0 unspecified atom stereocenters. The van der Waals surface area contributed by atoms with E-state index >= 15 is 0 Å². The van der Waals surface area contributed by atoms with E-state index in [0.717, 1.165) is 0 Å². The highest BCUT2D eigenvalue weighted by Gasteiger charge is 2.27. The lowest BCUT2D eigenvalue weighted by Crippen LogP contribution is -2.40. The number of amides is 1. The van der Waals surface area contributed by atoms with Crippen molar-refractivity contribution in [2.24, 2.45) is 0 Å². The number of carbonyl (C=O) groups is 1. The van der Waals surface area contributed by atoms with E-state index in [1.165, 1.54) is 0 Å². The van der Waals surface area contributed by atoms with Crippen LogP contribution in [0.4, 0.5) is 5.69 Å². The first-order valence-corrected chi connectivity index (χ1v) is 7.19. The highest BCUT2D eigenvalue weighted by molar-refractivity contribution is 5.96. The van der Waals surface area contributed by atoms with E-state index in [4.69, 9.17) is 14.2 Å². The lowest BCUT2D eigenvalue weighted by molar-refractivity contribution is -0.125. The summed E-state index contributed by atoms with van der Waals surface area (Å²) in [7, 11) is 0. The number of fused-ring (bicyclic) bond motifs is 1. The van der Waals surface area contributed by atoms with Crippen LogP contribution in [0.2, 0.25) is 0 Å². The largest absolute Gasteiger partial charge is 0.492 e. The van der Waals surface area contributed by atoms with E-state index < -0.39 is 6.10 Å². The zero-order chi connectivity index (χ0) is 15.4. The number of para-hydroxylation sites is 4. The van der Waals surface area contributed by atoms with Gasteiger partial charge in [-0.3, -0.25) is 4.79 Å². The molecule has 0 radical (unpaired) electrons. The minimum absolute atomic E-state index is 0.180. The third-order valence-electron chi connectivity index (χ3n) is 3.25. The Bertz CT molecular complexity index is 671. The number of benzene rings is 2. The Kier molecular flexibility index (Phi) is 4.14. The summed E-state index contributed by atoms with van der Waals surface area (Å²) in [6.07, 6.45) is -0.690. The normalized spacial score (nSPS) is 16.0. The molecule has 0 saturated carbocycles. The number of ether oxygens (including phenoxy) is 3. The molecule has 1 N–H and O–H groups in total. The van der Waals surface area contributed by atoms with Crippen LogP contribution in [0.25, 0.3) is 0 Å². The van der Waals surface area contributed by atoms with Crippen molar-refractivity contribution in [3.8, 4) is 17.2 Å². The summed E-state index contributed by atoms with van der Waals surface area (Å²) in [5, 5.41) is 2.83. The minimum Gasteiger partial charge on any atom is -0.492 e. The highest BCUT2D eigenvalue weighted by atomic mass is 16.6. The van der Waals surface area contributed by atoms with Gasteiger partial charge in [-0.25, -0.2) is 0 Å². The molecule has 1 amide bonds. The smallest absolute Gasteiger partial charge is 0.269 e. The molecule has 22 heavy (non-hydrogen) atoms. The average molecular weight is 299 g/mol. The number of anilines is 1. The van der Waals surface area contributed by atoms with Crippen LogP contribution in [0.15, 0.2) is 48.5 Å². The molecule has 3 rings (SSSR count). The molecule has 1 heterocycles. The van der Waals surface area contributed by atoms with Crippen LogP contribution >= 0.6 is 0 Å². The zero-order valence-corrected chi connectivity index (χ0v) is 12.2. The van der Waals surface area contributed by atoms with Crippen LogP contribution in [0.3, 0.4) is 0 Å². The summed E-state index contributed by atoms with van der Waals surface area (Å²) >= 11 is 0. The Balaban J connectivity index is 1.71. The van der Waals surface area contributed by atoms with Crippen molar-refractivity contribution in [1.82, 2.24) is 0 Å². The van der Waals surface area contributed by atoms with Gasteiger partial charge >= 0.3 is 0 Å². The van der Waals surface area contributed by atoms with Gasteiger partial charge in [0.1, 0.15) is 12.4 Å². The lowest BCUT2D eigenvalue weighted by Gasteiger charge is -2.25. The molecule has 1 atom stereocenters. The van der Waals surface area contributed by atoms with Crippen molar-refractivity contribution < 1.29 is 19.0 Å². The van der Waals surface area contributed by atoms with Crippen LogP contribution in [0, 0.1) is 0 Å². The van der Waals surface area contributed by atoms with Crippen LogP contribution in [0.1, 0.15) is 6.92 Å². The van der Waals surface area contributed by atoms with Crippen molar-refractivity contribution in [2.75, 3.05) is 18.5 Å². The molecule has 0 aliphatic carbocycles. The predicted octanol–water partition coefficient (Wildman–Crippen LogP) is 2.86. The highest BCUT2D eigenvalue weighted by Crippen LogP contribution is 2.31. The van der Waals surface area contributed by atoms with Gasteiger partial charge in [-0.15, -0.1) is 0 Å². The van der Waals surface area contributed by atoms with Crippen molar-refractivity contribution in [1.29, 1.82) is 0 Å². The Hall–Kier alpha value is -2.69. The van der Waals surface area contributed by atoms with Crippen molar-refractivity contribution in [3.05, 3.63) is 48.5 Å². The summed E-state index contributed by atoms with van der Waals surface area (Å²) < 4.78 is 16.7. The van der Waals surface area contributed by atoms with E-state index in [1.54, 1.807) is 12.1 Å². The molecule has 114 valence electrons. The van der Waals surface area contributed by atoms with Gasteiger partial charge < -0.3 is 19.5 Å². The molecule has 2 aromatic carbocycles. The minimum atomic E-state index is -0.690. The molecule has 5 heteroatoms. The van der Waals surface area contributed by atoms with Gasteiger partial charge in [0.25, 0.3) is 5.91 Å². The van der Waals surface area contributed by atoms with Crippen molar-refractivity contribution >= 4 is 11.6 Å². The fraction of sp³-hybridized carbons (Fsp3) is 0.235. The van der Waals surface area contributed by atoms with Crippen molar-refractivity contribution in [2.45, 2.75) is 13.0 Å². The monoisotopic (exact) mass is 299 g/mol. The molecule has 0 aromatic heterocycles. The van der Waals surface area contributed by atoms with E-state index in [2.05, 4.69) is 5.32 Å². The molecule has 0 saturated heterocycles. The van der Waals surface area contributed by atoms with Gasteiger partial charge in [0.15, 0.2) is 11.5 Å². The third-order valence-corrected chi connectivity index (χ3v) is 3.25. The molecule has 0 bridgehead atoms. The summed E-state index contributed by atoms with van der Waals surface area (Å²) in [4.78, 5) is 12.4. The molecular formula is C17H17NO4. The number of hydrogen-bond acceptors (Lipinski definition) is 4. The second kappa shape index (κ2) is 6.39. The number of rotatable bonds is 4. The Labute approximate surface area is 128 Å². The molecule has 1 aliphatic rings. The van der Waals surface area contributed by atoms with E-state index in [9.17, 15) is 4.79 Å². The van der Waals surface area contributed by atoms with Crippen LogP contribution in [-0.4, -0.2) is 25.2 Å². The molecule has 5 nitrogen and oxygen atoms in total. The second-order valence-corrected chi connectivity index (χ2v) is 4.78. The van der Waals surface area contributed by atoms with Gasteiger partial charge in [0, 0.05) is 0 Å². The van der Waals surface area contributed by atoms with E-state index in [0.29, 0.717) is 29.5 Å². The standard InChI is InChI=1S/C17H17NO4/c1-2-20-13-8-4-3-7-12(13)18-17(19)16-11-21-14-9-5-6-10-15(14)22-16/h3-10,16H,2,11H2,1H3,(H,18,19)/t16-/m1/s1. The van der Waals surface area contributed by atoms with Crippen LogP contribution < -0.4 is 19.5 Å². The van der Waals surface area contributed by atoms with Gasteiger partial charge in [-0.2, -0.15) is 0 Å². The molecule has 2 aromatic rings. The fourth-order valence-corrected chi connectivity index (χ4v) is 2.21. The summed E-state index contributed by atoms with van der Waals surface area (Å²) in [6.45, 7) is 2.61. The van der Waals surface area contributed by atoms with Crippen LogP contribution in [0.5, 0.6) is 17.2 Å². The van der Waals surface area contributed by atoms with Crippen LogP contribution in [-0.2, 0) is 4.79 Å². The molecular weight excluding hydrogens is 282 g/mol. The summed E-state index contributed by atoms with van der Waals surface area (Å²) in [5.74, 6) is 1.60. The van der Waals surface area contributed by atoms with E-state index in [1.807, 2.05) is 43.3 Å². The Morgan fingerprint density at radius 3 is 2.73 bits per heavy atom. The summed E-state index contributed by atoms with van der Waals surface area (Å²) in [6, 6.07) is 14.6. The maximum Gasteiger partial charge on any atom is 0.269 e. The molecule has 0 spiro atoms. The average Bonchev–Trinajstić information content (AvgIpc) is 2.56. The second-order valence-electron chi connectivity index (χ2n) is 4.78. The quantitative estimate of drug-likeness (QED) is 0.943. The first-order chi connectivity index (χ1) is 10.8. The number of nitrogens with one attached hydrogen (secondary N) is 1. The Morgan fingerprint density at radius 2 is 1.91 bits per heavy atom. The topological polar surface area (TPSA) is 56.8 Å². The Morgan fingerprint density at radius 1 is 1.18 bits per heavy atom. The van der Waals surface area contributed by atoms with Crippen molar-refractivity contribution in [3.63, 3.8) is 0 Å². The van der Waals surface area contributed by atoms with Gasteiger partial charge in [0.05, 0.1) is 12.3 Å². The maximum absolute atomic E-state index is 12.4. The van der Waals surface area contributed by atoms with Gasteiger partial charge in [0.2, 0.25) is 6.10 Å². The van der Waals surface area contributed by atoms with E-state index in [-0.39, 0.29) is 12.5 Å². The van der Waals surface area contributed by atoms with Gasteiger partial charge in [-0.1, -0.05) is 24.3 Å². The molecule has 1 aliphatic heterocycles. The third kappa shape index (κ3) is 2.98. The SMILES string of the molecule is CCOc1ccccc1NC(=O)[C@H]1COc2ccccc2O1. The maximum atomic E-state index is 12.4. The fourth-order valence-electron chi connectivity index (χ4n) is 2.21. The number of hydrogen-bond donors (Lipinski definition) is 1. The molecule has 0 fully saturated rings. The number of carbonyl (C=O) groups excluding carboxylic acids is 1. The first kappa shape index (κ1) is 14.3. The summed E-state index contributed by atoms with van der Waals surface area (Å²) in [5.41, 5.74) is 0.622. The first-order valence-electron chi connectivity index (χ1n) is 7.19. The lowest BCUT2D eigenvalue weighted by atomic mass is 10.2.